The summed E-state index contributed by atoms with van der Waals surface area (Å²) in [7, 11) is 0. The molecule has 0 aliphatic carbocycles. The summed E-state index contributed by atoms with van der Waals surface area (Å²) in [6.07, 6.45) is 1.55. The largest absolute Gasteiger partial charge is 0.450 e. The van der Waals surface area contributed by atoms with Crippen LogP contribution in [0, 0.1) is 12.8 Å². The zero-order chi connectivity index (χ0) is 25.7. The van der Waals surface area contributed by atoms with Crippen molar-refractivity contribution in [3.8, 4) is 17.0 Å². The molecule has 2 heterocycles. The van der Waals surface area contributed by atoms with Crippen LogP contribution in [-0.2, 0) is 16.1 Å². The van der Waals surface area contributed by atoms with E-state index in [0.717, 1.165) is 46.9 Å². The van der Waals surface area contributed by atoms with Crippen LogP contribution in [0.4, 0.5) is 10.5 Å². The number of esters is 1. The Hall–Kier alpha value is -3.81. The zero-order valence-corrected chi connectivity index (χ0v) is 21.3. The molecule has 0 radical (unpaired) electrons. The second-order valence-corrected chi connectivity index (χ2v) is 9.07. The number of aromatic nitrogens is 2. The average molecular weight is 491 g/mol. The number of amides is 1. The molecule has 2 N–H and O–H groups in total. The van der Waals surface area contributed by atoms with Crippen LogP contribution in [0.2, 0.25) is 0 Å². The Morgan fingerprint density at radius 1 is 1.19 bits per heavy atom. The third kappa shape index (κ3) is 5.53. The van der Waals surface area contributed by atoms with Crippen molar-refractivity contribution < 1.29 is 19.1 Å². The summed E-state index contributed by atoms with van der Waals surface area (Å²) in [4.78, 5) is 34.6. The standard InChI is InChI=1S/C28H34N4O4/c1-5-32(6-2)22-10-11-23-18(3)24(27(33)36-25(23)15-22)12-13-35-28(34)29-16-20-8-7-9-21(14-20)26-19(4)30-17-31-26/h7-11,14-15,17-18,24H,5-6,12-13,16H2,1-4H3,(H,29,34)(H,30,31). The molecular formula is C28H34N4O4. The van der Waals surface area contributed by atoms with Crippen molar-refractivity contribution in [1.29, 1.82) is 0 Å². The van der Waals surface area contributed by atoms with Crippen molar-refractivity contribution in [2.75, 3.05) is 24.6 Å². The van der Waals surface area contributed by atoms with Gasteiger partial charge in [0.2, 0.25) is 0 Å². The van der Waals surface area contributed by atoms with E-state index in [4.69, 9.17) is 9.47 Å². The molecule has 2 atom stereocenters. The summed E-state index contributed by atoms with van der Waals surface area (Å²) >= 11 is 0. The highest BCUT2D eigenvalue weighted by Crippen LogP contribution is 2.40. The van der Waals surface area contributed by atoms with Gasteiger partial charge in [0, 0.05) is 42.6 Å². The third-order valence-electron chi connectivity index (χ3n) is 6.86. The highest BCUT2D eigenvalue weighted by atomic mass is 16.6. The first-order valence-electron chi connectivity index (χ1n) is 12.5. The van der Waals surface area contributed by atoms with E-state index in [2.05, 4.69) is 40.1 Å². The highest BCUT2D eigenvalue weighted by molar-refractivity contribution is 5.80. The number of anilines is 1. The van der Waals surface area contributed by atoms with E-state index in [1.54, 1.807) is 6.33 Å². The van der Waals surface area contributed by atoms with E-state index in [1.165, 1.54) is 0 Å². The van der Waals surface area contributed by atoms with Gasteiger partial charge in [-0.25, -0.2) is 9.78 Å². The number of aromatic amines is 1. The van der Waals surface area contributed by atoms with Gasteiger partial charge in [0.05, 0.1) is 24.5 Å². The van der Waals surface area contributed by atoms with Crippen molar-refractivity contribution in [3.05, 3.63) is 65.6 Å². The summed E-state index contributed by atoms with van der Waals surface area (Å²) in [5.74, 6) is -0.0365. The number of carbonyl (C=O) groups excluding carboxylic acids is 2. The maximum Gasteiger partial charge on any atom is 0.407 e. The van der Waals surface area contributed by atoms with Crippen molar-refractivity contribution in [1.82, 2.24) is 15.3 Å². The average Bonchev–Trinajstić information content (AvgIpc) is 3.31. The first-order valence-corrected chi connectivity index (χ1v) is 12.5. The maximum atomic E-state index is 12.7. The summed E-state index contributed by atoms with van der Waals surface area (Å²) in [6.45, 7) is 10.4. The number of nitrogens with zero attached hydrogens (tertiary/aromatic N) is 2. The molecule has 0 saturated heterocycles. The van der Waals surface area contributed by atoms with Gasteiger partial charge in [0.25, 0.3) is 0 Å². The summed E-state index contributed by atoms with van der Waals surface area (Å²) in [5, 5.41) is 2.78. The SMILES string of the molecule is CCN(CC)c1ccc2c(c1)OC(=O)C(CCOC(=O)NCc1cccc(-c3nc[nH]c3C)c1)C2C. The lowest BCUT2D eigenvalue weighted by Gasteiger charge is -2.31. The van der Waals surface area contributed by atoms with Crippen molar-refractivity contribution in [2.45, 2.75) is 46.6 Å². The number of nitrogens with one attached hydrogen (secondary N) is 2. The number of alkyl carbamates (subject to hydrolysis) is 1. The lowest BCUT2D eigenvalue weighted by Crippen LogP contribution is -2.32. The van der Waals surface area contributed by atoms with E-state index >= 15 is 0 Å². The molecule has 2 aromatic carbocycles. The van der Waals surface area contributed by atoms with Gasteiger partial charge >= 0.3 is 12.1 Å². The first-order chi connectivity index (χ1) is 17.4. The Balaban J connectivity index is 1.28. The number of rotatable bonds is 9. The molecule has 36 heavy (non-hydrogen) atoms. The number of hydrogen-bond acceptors (Lipinski definition) is 6. The van der Waals surface area contributed by atoms with Crippen LogP contribution in [0.1, 0.15) is 49.9 Å². The molecule has 1 amide bonds. The van der Waals surface area contributed by atoms with Crippen LogP contribution in [0.25, 0.3) is 11.3 Å². The molecule has 4 rings (SSSR count). The number of H-pyrrole nitrogens is 1. The van der Waals surface area contributed by atoms with Crippen molar-refractivity contribution in [2.24, 2.45) is 5.92 Å². The van der Waals surface area contributed by atoms with Crippen molar-refractivity contribution in [3.63, 3.8) is 0 Å². The molecule has 2 unspecified atom stereocenters. The molecule has 0 bridgehead atoms. The predicted octanol–water partition coefficient (Wildman–Crippen LogP) is 5.19. The number of aryl methyl sites for hydroxylation is 1. The Morgan fingerprint density at radius 3 is 2.72 bits per heavy atom. The minimum atomic E-state index is -0.516. The van der Waals surface area contributed by atoms with Crippen LogP contribution in [-0.4, -0.2) is 41.7 Å². The topological polar surface area (TPSA) is 96.5 Å². The Bertz CT molecular complexity index is 1220. The second-order valence-electron chi connectivity index (χ2n) is 9.07. The van der Waals surface area contributed by atoms with Gasteiger partial charge in [-0.15, -0.1) is 0 Å². The monoisotopic (exact) mass is 490 g/mol. The first kappa shape index (κ1) is 25.3. The second kappa shape index (κ2) is 11.3. The molecule has 8 heteroatoms. The molecule has 0 spiro atoms. The number of benzene rings is 2. The molecule has 0 saturated carbocycles. The fourth-order valence-electron chi connectivity index (χ4n) is 4.73. The van der Waals surface area contributed by atoms with Crippen LogP contribution in [0.15, 0.2) is 48.8 Å². The summed E-state index contributed by atoms with van der Waals surface area (Å²) in [5.41, 5.74) is 5.85. The molecular weight excluding hydrogens is 456 g/mol. The normalized spacial score (nSPS) is 16.7. The van der Waals surface area contributed by atoms with Crippen LogP contribution in [0.5, 0.6) is 5.75 Å². The van der Waals surface area contributed by atoms with Gasteiger partial charge in [-0.1, -0.05) is 31.2 Å². The number of ether oxygens (including phenoxy) is 2. The fraction of sp³-hybridized carbons (Fsp3) is 0.393. The summed E-state index contributed by atoms with van der Waals surface area (Å²) in [6, 6.07) is 13.9. The molecule has 3 aromatic rings. The Labute approximate surface area is 212 Å². The predicted molar refractivity (Wildman–Crippen MR) is 139 cm³/mol. The van der Waals surface area contributed by atoms with Gasteiger partial charge in [0.1, 0.15) is 5.75 Å². The maximum absolute atomic E-state index is 12.7. The van der Waals surface area contributed by atoms with Crippen LogP contribution >= 0.6 is 0 Å². The number of carbonyl (C=O) groups is 2. The van der Waals surface area contributed by atoms with E-state index < -0.39 is 6.09 Å². The van der Waals surface area contributed by atoms with Gasteiger partial charge in [0.15, 0.2) is 0 Å². The molecule has 0 fully saturated rings. The number of hydrogen-bond donors (Lipinski definition) is 2. The molecule has 8 nitrogen and oxygen atoms in total. The highest BCUT2D eigenvalue weighted by Gasteiger charge is 2.35. The lowest BCUT2D eigenvalue weighted by atomic mass is 9.83. The number of imidazole rings is 1. The smallest absolute Gasteiger partial charge is 0.407 e. The van der Waals surface area contributed by atoms with E-state index in [1.807, 2.05) is 50.2 Å². The number of fused-ring (bicyclic) bond motifs is 1. The molecule has 190 valence electrons. The van der Waals surface area contributed by atoms with Gasteiger partial charge in [-0.05, 0) is 56.4 Å². The van der Waals surface area contributed by atoms with Gasteiger partial charge < -0.3 is 24.7 Å². The van der Waals surface area contributed by atoms with Gasteiger partial charge in [-0.2, -0.15) is 0 Å². The third-order valence-corrected chi connectivity index (χ3v) is 6.86. The molecule has 1 aromatic heterocycles. The minimum absolute atomic E-state index is 0.0214. The fourth-order valence-corrected chi connectivity index (χ4v) is 4.73. The van der Waals surface area contributed by atoms with Crippen LogP contribution < -0.4 is 15.0 Å². The summed E-state index contributed by atoms with van der Waals surface area (Å²) < 4.78 is 11.0. The van der Waals surface area contributed by atoms with Gasteiger partial charge in [-0.3, -0.25) is 4.79 Å². The van der Waals surface area contributed by atoms with Crippen LogP contribution in [0.3, 0.4) is 0 Å². The van der Waals surface area contributed by atoms with Crippen molar-refractivity contribution >= 4 is 17.7 Å². The molecule has 1 aliphatic rings. The van der Waals surface area contributed by atoms with E-state index in [-0.39, 0.29) is 24.4 Å². The Morgan fingerprint density at radius 2 is 2.00 bits per heavy atom. The minimum Gasteiger partial charge on any atom is -0.450 e. The quantitative estimate of drug-likeness (QED) is 0.317. The zero-order valence-electron chi connectivity index (χ0n) is 21.3. The lowest BCUT2D eigenvalue weighted by molar-refractivity contribution is -0.141. The molecule has 1 aliphatic heterocycles. The van der Waals surface area contributed by atoms with E-state index in [9.17, 15) is 9.59 Å². The Kier molecular flexibility index (Phi) is 7.93. The van der Waals surface area contributed by atoms with E-state index in [0.29, 0.717) is 18.7 Å².